The summed E-state index contributed by atoms with van der Waals surface area (Å²) in [7, 11) is -3.18. The van der Waals surface area contributed by atoms with Gasteiger partial charge >= 0.3 is 24.3 Å². The van der Waals surface area contributed by atoms with Gasteiger partial charge in [0.25, 0.3) is 0 Å². The summed E-state index contributed by atoms with van der Waals surface area (Å²) in [4.78, 5) is 46.2. The molecule has 0 spiro atoms. The van der Waals surface area contributed by atoms with Crippen LogP contribution in [-0.4, -0.2) is 109 Å². The van der Waals surface area contributed by atoms with Crippen LogP contribution in [0.15, 0.2) is 78.9 Å². The average Bonchev–Trinajstić information content (AvgIpc) is 3.17. The van der Waals surface area contributed by atoms with Crippen LogP contribution in [0, 0.1) is 5.41 Å². The summed E-state index contributed by atoms with van der Waals surface area (Å²) >= 11 is 0. The number of piperazine rings is 1. The topological polar surface area (TPSA) is 235 Å². The quantitative estimate of drug-likeness (QED) is 0.0706. The van der Waals surface area contributed by atoms with E-state index in [9.17, 15) is 44.3 Å². The first-order valence-electron chi connectivity index (χ1n) is 17.6. The number of carboxylic acid groups (broad SMARTS) is 2. The molecule has 22 heteroatoms. The van der Waals surface area contributed by atoms with E-state index in [0.717, 1.165) is 22.4 Å². The number of carbonyl (C=O) groups is 4. The molecule has 3 aromatic carbocycles. The van der Waals surface area contributed by atoms with Crippen LogP contribution < -0.4 is 26.6 Å². The number of carbonyl (C=O) groups excluding carboxylic acids is 2. The number of nitrogens with two attached hydrogens (primary N) is 1. The van der Waals surface area contributed by atoms with Crippen LogP contribution in [0.3, 0.4) is 0 Å². The molecule has 1 saturated heterocycles. The van der Waals surface area contributed by atoms with Crippen LogP contribution in [0.5, 0.6) is 0 Å². The molecule has 0 unspecified atom stereocenters. The average molecular weight is 862 g/mol. The van der Waals surface area contributed by atoms with E-state index in [1.54, 1.807) is 31.2 Å². The lowest BCUT2D eigenvalue weighted by molar-refractivity contribution is -0.193. The van der Waals surface area contributed by atoms with Gasteiger partial charge < -0.3 is 36.8 Å². The molecule has 1 fully saturated rings. The van der Waals surface area contributed by atoms with Crippen molar-refractivity contribution in [1.82, 2.24) is 20.3 Å². The Bertz CT molecular complexity index is 1940. The molecule has 2 atom stereocenters. The Morgan fingerprint density at radius 3 is 1.69 bits per heavy atom. The third kappa shape index (κ3) is 18.2. The number of nitrogens with zero attached hydrogens (tertiary/aromatic N) is 2. The van der Waals surface area contributed by atoms with E-state index in [-0.39, 0.29) is 24.2 Å². The smallest absolute Gasteiger partial charge is 0.475 e. The maximum atomic E-state index is 13.4. The number of sulfonamides is 1. The number of amidine groups is 1. The molecule has 0 aromatic heterocycles. The van der Waals surface area contributed by atoms with Gasteiger partial charge in [-0.2, -0.15) is 30.6 Å². The number of nitrogens with one attached hydrogen (secondary N) is 4. The van der Waals surface area contributed by atoms with Crippen LogP contribution in [0.4, 0.5) is 32.0 Å². The van der Waals surface area contributed by atoms with E-state index in [4.69, 9.17) is 30.9 Å². The van der Waals surface area contributed by atoms with Crippen molar-refractivity contribution in [3.8, 4) is 0 Å². The maximum absolute atomic E-state index is 13.4. The first kappa shape index (κ1) is 49.4. The summed E-state index contributed by atoms with van der Waals surface area (Å²) in [6.45, 7) is 4.60. The zero-order valence-corrected chi connectivity index (χ0v) is 32.6. The number of amides is 2. The third-order valence-corrected chi connectivity index (χ3v) is 9.71. The number of anilines is 1. The normalized spacial score (nSPS) is 14.3. The fourth-order valence-electron chi connectivity index (χ4n) is 5.15. The number of aryl methyl sites for hydroxylation is 1. The van der Waals surface area contributed by atoms with Gasteiger partial charge in [-0.05, 0) is 48.6 Å². The zero-order valence-electron chi connectivity index (χ0n) is 31.8. The Balaban J connectivity index is 0.000000732. The molecule has 59 heavy (non-hydrogen) atoms. The number of alkyl halides is 6. The molecule has 1 heterocycles. The zero-order chi connectivity index (χ0) is 44.6. The van der Waals surface area contributed by atoms with Gasteiger partial charge in [0.15, 0.2) is 0 Å². The monoisotopic (exact) mass is 861 g/mol. The van der Waals surface area contributed by atoms with Gasteiger partial charge in [0, 0.05) is 50.5 Å². The Labute approximate surface area is 336 Å². The lowest BCUT2D eigenvalue weighted by Gasteiger charge is -2.34. The Morgan fingerprint density at radius 2 is 1.24 bits per heavy atom. The van der Waals surface area contributed by atoms with Crippen LogP contribution in [0.1, 0.15) is 35.6 Å². The number of aliphatic carboxylic acids is 2. The van der Waals surface area contributed by atoms with Gasteiger partial charge in [-0.1, -0.05) is 66.7 Å². The van der Waals surface area contributed by atoms with Gasteiger partial charge in [0.05, 0.1) is 12.3 Å². The number of carboxylic acids is 2. The summed E-state index contributed by atoms with van der Waals surface area (Å²) < 4.78 is 88.6. The van der Waals surface area contributed by atoms with Crippen LogP contribution in [0.2, 0.25) is 0 Å². The molecule has 3 aromatic rings. The lowest BCUT2D eigenvalue weighted by atomic mass is 10.0. The highest BCUT2D eigenvalue weighted by atomic mass is 32.2. The van der Waals surface area contributed by atoms with Gasteiger partial charge in [-0.3, -0.25) is 15.0 Å². The van der Waals surface area contributed by atoms with Crippen LogP contribution in [-0.2, 0) is 48.7 Å². The van der Waals surface area contributed by atoms with E-state index in [1.807, 2.05) is 54.6 Å². The van der Waals surface area contributed by atoms with Crippen molar-refractivity contribution in [1.29, 1.82) is 5.41 Å². The molecule has 0 radical (unpaired) electrons. The molecule has 0 aliphatic carbocycles. The number of hydrogen-bond acceptors (Lipinski definition) is 9. The molecule has 8 N–H and O–H groups in total. The van der Waals surface area contributed by atoms with Crippen LogP contribution >= 0.6 is 0 Å². The van der Waals surface area contributed by atoms with E-state index in [2.05, 4.69) is 20.9 Å². The van der Waals surface area contributed by atoms with Crippen molar-refractivity contribution in [2.75, 3.05) is 37.3 Å². The summed E-state index contributed by atoms with van der Waals surface area (Å²) in [6.07, 6.45) is -7.68. The highest BCUT2D eigenvalue weighted by Gasteiger charge is 2.39. The lowest BCUT2D eigenvalue weighted by Crippen LogP contribution is -2.51. The van der Waals surface area contributed by atoms with E-state index in [1.165, 1.54) is 10.6 Å². The SMILES string of the molecule is C[C@H](NC(=O)[C@@H](CCc1ccccc1)NCc1ccc(N2CCN(S(C)(=O)=O)CC2)cc1)C(=O)NCc1ccc(C(=N)N)cc1.O=C(O)C(F)(F)F.O=C(O)C(F)(F)F. The Morgan fingerprint density at radius 1 is 0.763 bits per heavy atom. The summed E-state index contributed by atoms with van der Waals surface area (Å²) in [5, 5.41) is 30.9. The van der Waals surface area contributed by atoms with Crippen molar-refractivity contribution in [3.63, 3.8) is 0 Å². The standard InChI is InChI=1S/C33H43N7O4S.2C2HF3O2/c1-24(32(41)37-23-26-8-13-28(14-9-26)31(34)35)38-33(42)30(17-12-25-6-4-3-5-7-25)36-22-27-10-15-29(16-11-27)39-18-20-40(21-19-39)45(2,43)44;2*3-2(4,5)1(6)7/h3-11,13-16,24,30,36H,12,17-23H2,1-2H3,(H3,34,35)(H,37,41)(H,38,42);2*(H,6,7)/t24-,30+;;/m0../s1. The van der Waals surface area contributed by atoms with Gasteiger partial charge in [0.2, 0.25) is 21.8 Å². The molecule has 324 valence electrons. The second-order valence-corrected chi connectivity index (χ2v) is 14.9. The minimum absolute atomic E-state index is 0.0170. The minimum Gasteiger partial charge on any atom is -0.475 e. The predicted molar refractivity (Wildman–Crippen MR) is 205 cm³/mol. The first-order chi connectivity index (χ1) is 27.4. The van der Waals surface area contributed by atoms with Crippen molar-refractivity contribution in [3.05, 3.63) is 101 Å². The van der Waals surface area contributed by atoms with Crippen molar-refractivity contribution >= 4 is 45.3 Å². The largest absolute Gasteiger partial charge is 0.490 e. The minimum atomic E-state index is -5.08. The van der Waals surface area contributed by atoms with Crippen molar-refractivity contribution in [2.45, 2.75) is 57.3 Å². The van der Waals surface area contributed by atoms with E-state index < -0.39 is 46.4 Å². The van der Waals surface area contributed by atoms with Crippen molar-refractivity contribution < 1.29 is 64.2 Å². The number of benzene rings is 3. The summed E-state index contributed by atoms with van der Waals surface area (Å²) in [5.74, 6) is -6.08. The molecule has 1 aliphatic heterocycles. The number of nitrogen functional groups attached to an aromatic ring is 1. The summed E-state index contributed by atoms with van der Waals surface area (Å²) in [6, 6.07) is 23.8. The highest BCUT2D eigenvalue weighted by Crippen LogP contribution is 2.19. The molecule has 0 saturated carbocycles. The van der Waals surface area contributed by atoms with Gasteiger partial charge in [-0.25, -0.2) is 18.0 Å². The fraction of sp³-hybridized carbons (Fsp3) is 0.378. The number of hydrogen-bond donors (Lipinski definition) is 7. The molecule has 0 bridgehead atoms. The van der Waals surface area contributed by atoms with E-state index >= 15 is 0 Å². The van der Waals surface area contributed by atoms with Crippen LogP contribution in [0.25, 0.3) is 0 Å². The second kappa shape index (κ2) is 22.4. The molecule has 15 nitrogen and oxygen atoms in total. The second-order valence-electron chi connectivity index (χ2n) is 12.9. The van der Waals surface area contributed by atoms with Gasteiger partial charge in [0.1, 0.15) is 11.9 Å². The summed E-state index contributed by atoms with van der Waals surface area (Å²) in [5.41, 5.74) is 10.1. The first-order valence-corrected chi connectivity index (χ1v) is 19.4. The van der Waals surface area contributed by atoms with E-state index in [0.29, 0.717) is 51.1 Å². The molecule has 4 rings (SSSR count). The van der Waals surface area contributed by atoms with Gasteiger partial charge in [-0.15, -0.1) is 0 Å². The molecular weight excluding hydrogens is 817 g/mol. The number of halogens is 6. The molecule has 2 amide bonds. The highest BCUT2D eigenvalue weighted by molar-refractivity contribution is 7.88. The third-order valence-electron chi connectivity index (χ3n) is 8.41. The number of rotatable bonds is 14. The van der Waals surface area contributed by atoms with Crippen molar-refractivity contribution in [2.24, 2.45) is 5.73 Å². The molecular formula is C37H45F6N7O8S. The Kier molecular flexibility index (Phi) is 18.8. The fourth-order valence-corrected chi connectivity index (χ4v) is 5.98. The molecule has 1 aliphatic rings. The maximum Gasteiger partial charge on any atom is 0.490 e. The predicted octanol–water partition coefficient (Wildman–Crippen LogP) is 3.23. The Hall–Kier alpha value is -5.74.